The number of rotatable bonds is 2. The second kappa shape index (κ2) is 5.59. The quantitative estimate of drug-likeness (QED) is 0.565. The van der Waals surface area contributed by atoms with Crippen LogP contribution in [-0.4, -0.2) is 0 Å². The van der Waals surface area contributed by atoms with Crippen LogP contribution in [0, 0.1) is 6.92 Å². The molecule has 1 heteroatoms. The summed E-state index contributed by atoms with van der Waals surface area (Å²) >= 11 is 0. The second-order valence-corrected chi connectivity index (χ2v) is 7.18. The molecule has 1 atom stereocenters. The first-order chi connectivity index (χ1) is 11.6. The zero-order chi connectivity index (χ0) is 16.7. The monoisotopic (exact) mass is 314 g/mol. The Morgan fingerprint density at radius 3 is 2.42 bits per heavy atom. The largest absolute Gasteiger partial charge is 0.213 e. The van der Waals surface area contributed by atoms with Crippen molar-refractivity contribution in [2.24, 2.45) is 0 Å². The molecule has 0 fully saturated rings. The van der Waals surface area contributed by atoms with E-state index >= 15 is 0 Å². The molecule has 2 aromatic carbocycles. The van der Waals surface area contributed by atoms with Crippen LogP contribution in [0.5, 0.6) is 0 Å². The van der Waals surface area contributed by atoms with E-state index in [0.717, 1.165) is 12.8 Å². The summed E-state index contributed by atoms with van der Waals surface area (Å²) in [4.78, 5) is 0. The van der Waals surface area contributed by atoms with Crippen molar-refractivity contribution in [3.05, 3.63) is 78.0 Å². The van der Waals surface area contributed by atoms with Crippen LogP contribution in [0.3, 0.4) is 0 Å². The van der Waals surface area contributed by atoms with E-state index in [1.54, 1.807) is 0 Å². The normalized spacial score (nSPS) is 18.8. The molecule has 0 aliphatic carbocycles. The maximum Gasteiger partial charge on any atom is 0.213 e. The SMILES string of the molecule is CCC1(C)Cc2ccccc2-c2cc(C)c(-c3ccccc3)c[n+]21. The molecule has 1 aliphatic heterocycles. The van der Waals surface area contributed by atoms with E-state index in [9.17, 15) is 0 Å². The zero-order valence-electron chi connectivity index (χ0n) is 14.7. The van der Waals surface area contributed by atoms with Gasteiger partial charge in [0, 0.05) is 37.0 Å². The molecular formula is C23H24N+. The molecule has 0 spiro atoms. The van der Waals surface area contributed by atoms with Gasteiger partial charge in [-0.1, -0.05) is 55.5 Å². The topological polar surface area (TPSA) is 3.88 Å². The summed E-state index contributed by atoms with van der Waals surface area (Å²) in [6, 6.07) is 22.0. The van der Waals surface area contributed by atoms with Crippen LogP contribution in [0.4, 0.5) is 0 Å². The molecule has 1 unspecified atom stereocenters. The fourth-order valence-electron chi connectivity index (χ4n) is 3.94. The van der Waals surface area contributed by atoms with Crippen LogP contribution >= 0.6 is 0 Å². The number of benzene rings is 2. The second-order valence-electron chi connectivity index (χ2n) is 7.18. The first-order valence-electron chi connectivity index (χ1n) is 8.83. The van der Waals surface area contributed by atoms with Crippen molar-refractivity contribution in [1.82, 2.24) is 0 Å². The molecule has 0 saturated heterocycles. The van der Waals surface area contributed by atoms with Crippen LogP contribution < -0.4 is 4.57 Å². The fourth-order valence-corrected chi connectivity index (χ4v) is 3.94. The van der Waals surface area contributed by atoms with Crippen molar-refractivity contribution in [3.63, 3.8) is 0 Å². The predicted octanol–water partition coefficient (Wildman–Crippen LogP) is 5.30. The van der Waals surface area contributed by atoms with E-state index in [1.807, 2.05) is 0 Å². The molecule has 1 nitrogen and oxygen atoms in total. The van der Waals surface area contributed by atoms with Gasteiger partial charge >= 0.3 is 0 Å². The van der Waals surface area contributed by atoms with Gasteiger partial charge in [0.25, 0.3) is 0 Å². The van der Waals surface area contributed by atoms with Crippen LogP contribution in [0.25, 0.3) is 22.4 Å². The standard InChI is InChI=1S/C23H24N/c1-4-23(3)15-19-12-8-9-13-20(19)22-14-17(2)21(16-24(22)23)18-10-6-5-7-11-18/h5-14,16H,4,15H2,1-3H3/q+1. The van der Waals surface area contributed by atoms with Gasteiger partial charge in [-0.25, -0.2) is 0 Å². The van der Waals surface area contributed by atoms with Crippen LogP contribution in [-0.2, 0) is 12.0 Å². The lowest BCUT2D eigenvalue weighted by molar-refractivity contribution is -0.753. The summed E-state index contributed by atoms with van der Waals surface area (Å²) in [5, 5.41) is 0. The number of nitrogens with zero attached hydrogens (tertiary/aromatic N) is 1. The molecule has 24 heavy (non-hydrogen) atoms. The molecule has 0 amide bonds. The van der Waals surface area contributed by atoms with Crippen molar-refractivity contribution >= 4 is 0 Å². The third-order valence-corrected chi connectivity index (χ3v) is 5.59. The minimum atomic E-state index is 0.126. The Kier molecular flexibility index (Phi) is 3.53. The smallest absolute Gasteiger partial charge is 0.192 e. The summed E-state index contributed by atoms with van der Waals surface area (Å²) in [5.74, 6) is 0. The van der Waals surface area contributed by atoms with E-state index in [2.05, 4.69) is 92.2 Å². The van der Waals surface area contributed by atoms with E-state index in [0.29, 0.717) is 0 Å². The number of aromatic nitrogens is 1. The van der Waals surface area contributed by atoms with Crippen molar-refractivity contribution in [2.75, 3.05) is 0 Å². The van der Waals surface area contributed by atoms with Gasteiger partial charge in [0.05, 0.1) is 0 Å². The lowest BCUT2D eigenvalue weighted by atomic mass is 9.81. The molecule has 4 rings (SSSR count). The van der Waals surface area contributed by atoms with Gasteiger partial charge in [0.2, 0.25) is 5.69 Å². The average molecular weight is 314 g/mol. The van der Waals surface area contributed by atoms with Gasteiger partial charge in [-0.2, -0.15) is 4.57 Å². The molecule has 2 heterocycles. The zero-order valence-corrected chi connectivity index (χ0v) is 14.7. The molecule has 0 N–H and O–H groups in total. The van der Waals surface area contributed by atoms with Gasteiger partial charge in [0.1, 0.15) is 0 Å². The summed E-state index contributed by atoms with van der Waals surface area (Å²) < 4.78 is 2.52. The molecule has 0 saturated carbocycles. The van der Waals surface area contributed by atoms with E-state index in [-0.39, 0.29) is 5.54 Å². The van der Waals surface area contributed by atoms with E-state index in [4.69, 9.17) is 0 Å². The minimum absolute atomic E-state index is 0.126. The highest BCUT2D eigenvalue weighted by Crippen LogP contribution is 2.36. The molecule has 3 aromatic rings. The molecule has 1 aliphatic rings. The number of pyridine rings is 1. The van der Waals surface area contributed by atoms with E-state index in [1.165, 1.54) is 33.5 Å². The van der Waals surface area contributed by atoms with Crippen molar-refractivity contribution in [1.29, 1.82) is 0 Å². The number of hydrogen-bond donors (Lipinski definition) is 0. The Labute approximate surface area is 144 Å². The third-order valence-electron chi connectivity index (χ3n) is 5.59. The predicted molar refractivity (Wildman–Crippen MR) is 99.9 cm³/mol. The van der Waals surface area contributed by atoms with Crippen LogP contribution in [0.2, 0.25) is 0 Å². The molecule has 120 valence electrons. The highest BCUT2D eigenvalue weighted by atomic mass is 15.1. The first-order valence-corrected chi connectivity index (χ1v) is 8.83. The maximum atomic E-state index is 2.52. The first kappa shape index (κ1) is 15.1. The van der Waals surface area contributed by atoms with Gasteiger partial charge in [0.15, 0.2) is 11.7 Å². The number of fused-ring (bicyclic) bond motifs is 3. The highest BCUT2D eigenvalue weighted by molar-refractivity contribution is 5.70. The van der Waals surface area contributed by atoms with Gasteiger partial charge < -0.3 is 0 Å². The maximum absolute atomic E-state index is 2.52. The number of aryl methyl sites for hydroxylation is 1. The van der Waals surface area contributed by atoms with E-state index < -0.39 is 0 Å². The Bertz CT molecular complexity index is 895. The lowest BCUT2D eigenvalue weighted by Gasteiger charge is -2.31. The van der Waals surface area contributed by atoms with Crippen molar-refractivity contribution < 1.29 is 4.57 Å². The number of hydrogen-bond acceptors (Lipinski definition) is 0. The van der Waals surface area contributed by atoms with Gasteiger partial charge in [-0.05, 0) is 29.7 Å². The van der Waals surface area contributed by atoms with Crippen molar-refractivity contribution in [3.8, 4) is 22.4 Å². The van der Waals surface area contributed by atoms with Crippen molar-refractivity contribution in [2.45, 2.75) is 39.2 Å². The van der Waals surface area contributed by atoms with Crippen LogP contribution in [0.1, 0.15) is 31.4 Å². The van der Waals surface area contributed by atoms with Gasteiger partial charge in [-0.15, -0.1) is 0 Å². The Morgan fingerprint density at radius 2 is 1.67 bits per heavy atom. The molecule has 0 bridgehead atoms. The summed E-state index contributed by atoms with van der Waals surface area (Å²) in [7, 11) is 0. The summed E-state index contributed by atoms with van der Waals surface area (Å²) in [6.07, 6.45) is 4.59. The Hall–Kier alpha value is -2.41. The summed E-state index contributed by atoms with van der Waals surface area (Å²) in [6.45, 7) is 6.91. The Balaban J connectivity index is 2.00. The minimum Gasteiger partial charge on any atom is -0.192 e. The average Bonchev–Trinajstić information content (AvgIpc) is 2.62. The summed E-state index contributed by atoms with van der Waals surface area (Å²) in [5.41, 5.74) is 8.28. The third kappa shape index (κ3) is 2.27. The van der Waals surface area contributed by atoms with Crippen LogP contribution in [0.15, 0.2) is 66.9 Å². The van der Waals surface area contributed by atoms with Gasteiger partial charge in [-0.3, -0.25) is 0 Å². The molecular weight excluding hydrogens is 290 g/mol. The highest BCUT2D eigenvalue weighted by Gasteiger charge is 2.41. The Morgan fingerprint density at radius 1 is 0.958 bits per heavy atom. The fraction of sp³-hybridized carbons (Fsp3) is 0.261. The molecule has 0 radical (unpaired) electrons. The molecule has 1 aromatic heterocycles. The lowest BCUT2D eigenvalue weighted by Crippen LogP contribution is -2.58.